The summed E-state index contributed by atoms with van der Waals surface area (Å²) in [4.78, 5) is 1.46. The van der Waals surface area contributed by atoms with Gasteiger partial charge in [-0.05, 0) is 36.6 Å². The Kier molecular flexibility index (Phi) is 3.17. The van der Waals surface area contributed by atoms with Crippen LogP contribution in [-0.4, -0.2) is 6.04 Å². The lowest BCUT2D eigenvalue weighted by Crippen LogP contribution is -2.38. The molecule has 1 heterocycles. The minimum absolute atomic E-state index is 0.478. The van der Waals surface area contributed by atoms with E-state index in [0.717, 1.165) is 0 Å². The largest absolute Gasteiger partial charge is 0.306 e. The van der Waals surface area contributed by atoms with E-state index in [2.05, 4.69) is 43.6 Å². The van der Waals surface area contributed by atoms with Crippen LogP contribution in [0.1, 0.15) is 51.0 Å². The minimum Gasteiger partial charge on any atom is -0.306 e. The molecule has 1 aliphatic carbocycles. The lowest BCUT2D eigenvalue weighted by Gasteiger charge is -2.30. The SMILES string of the molecule is C[C@@H](NC1CCCC1(C)C)c1cccs1. The third-order valence-corrected chi connectivity index (χ3v) is 4.73. The molecule has 0 radical (unpaired) electrons. The smallest absolute Gasteiger partial charge is 0.0388 e. The molecular weight excluding hydrogens is 202 g/mol. The van der Waals surface area contributed by atoms with Gasteiger partial charge in [-0.25, -0.2) is 0 Å². The first-order chi connectivity index (χ1) is 7.09. The molecule has 1 unspecified atom stereocenters. The molecular formula is C13H21NS. The summed E-state index contributed by atoms with van der Waals surface area (Å²) in [5.41, 5.74) is 0.478. The van der Waals surface area contributed by atoms with Gasteiger partial charge in [0.15, 0.2) is 0 Å². The van der Waals surface area contributed by atoms with Crippen molar-refractivity contribution in [3.05, 3.63) is 22.4 Å². The molecule has 15 heavy (non-hydrogen) atoms. The molecule has 0 bridgehead atoms. The number of thiophene rings is 1. The van der Waals surface area contributed by atoms with E-state index in [4.69, 9.17) is 0 Å². The zero-order chi connectivity index (χ0) is 10.9. The fraction of sp³-hybridized carbons (Fsp3) is 0.692. The first-order valence-electron chi connectivity index (χ1n) is 5.89. The summed E-state index contributed by atoms with van der Waals surface area (Å²) in [6, 6.07) is 5.56. The van der Waals surface area contributed by atoms with Gasteiger partial charge in [0.2, 0.25) is 0 Å². The Morgan fingerprint density at radius 1 is 1.53 bits per heavy atom. The number of rotatable bonds is 3. The van der Waals surface area contributed by atoms with E-state index in [0.29, 0.717) is 17.5 Å². The van der Waals surface area contributed by atoms with Gasteiger partial charge in [-0.1, -0.05) is 26.3 Å². The standard InChI is InChI=1S/C13H21NS/c1-10(11-6-5-9-15-11)14-12-7-4-8-13(12,2)3/h5-6,9-10,12,14H,4,7-8H2,1-3H3/t10-,12?/m1/s1. The van der Waals surface area contributed by atoms with Gasteiger partial charge < -0.3 is 5.32 Å². The summed E-state index contributed by atoms with van der Waals surface area (Å²) in [5.74, 6) is 0. The third kappa shape index (κ3) is 2.43. The van der Waals surface area contributed by atoms with Crippen LogP contribution in [0.3, 0.4) is 0 Å². The Labute approximate surface area is 96.9 Å². The Bertz CT molecular complexity index is 302. The summed E-state index contributed by atoms with van der Waals surface area (Å²) in [5, 5.41) is 5.94. The first kappa shape index (κ1) is 11.2. The van der Waals surface area contributed by atoms with Crippen molar-refractivity contribution in [1.82, 2.24) is 5.32 Å². The molecule has 2 atom stereocenters. The van der Waals surface area contributed by atoms with Crippen LogP contribution in [0.25, 0.3) is 0 Å². The van der Waals surface area contributed by atoms with Gasteiger partial charge in [-0.3, -0.25) is 0 Å². The zero-order valence-electron chi connectivity index (χ0n) is 9.92. The van der Waals surface area contributed by atoms with Gasteiger partial charge in [0.05, 0.1) is 0 Å². The summed E-state index contributed by atoms with van der Waals surface area (Å²) < 4.78 is 0. The molecule has 1 aromatic heterocycles. The lowest BCUT2D eigenvalue weighted by atomic mass is 9.87. The summed E-state index contributed by atoms with van der Waals surface area (Å²) in [6.45, 7) is 7.05. The van der Waals surface area contributed by atoms with Crippen molar-refractivity contribution in [2.45, 2.75) is 52.1 Å². The van der Waals surface area contributed by atoms with E-state index in [-0.39, 0.29) is 0 Å². The molecule has 1 nitrogen and oxygen atoms in total. The Balaban J connectivity index is 1.97. The van der Waals surface area contributed by atoms with Gasteiger partial charge in [0.25, 0.3) is 0 Å². The number of hydrogen-bond acceptors (Lipinski definition) is 2. The predicted molar refractivity (Wildman–Crippen MR) is 67.3 cm³/mol. The molecule has 0 amide bonds. The normalized spacial score (nSPS) is 26.7. The van der Waals surface area contributed by atoms with Crippen LogP contribution in [-0.2, 0) is 0 Å². The van der Waals surface area contributed by atoms with Crippen LogP contribution in [0.15, 0.2) is 17.5 Å². The van der Waals surface area contributed by atoms with E-state index in [1.807, 2.05) is 11.3 Å². The maximum atomic E-state index is 3.78. The second kappa shape index (κ2) is 4.26. The summed E-state index contributed by atoms with van der Waals surface area (Å²) in [7, 11) is 0. The molecule has 1 fully saturated rings. The summed E-state index contributed by atoms with van der Waals surface area (Å²) in [6.07, 6.45) is 4.08. The van der Waals surface area contributed by atoms with Crippen molar-refractivity contribution in [3.63, 3.8) is 0 Å². The molecule has 1 aromatic rings. The molecule has 0 saturated heterocycles. The maximum Gasteiger partial charge on any atom is 0.0388 e. The maximum absolute atomic E-state index is 3.78. The van der Waals surface area contributed by atoms with Crippen LogP contribution in [0.5, 0.6) is 0 Å². The van der Waals surface area contributed by atoms with Crippen molar-refractivity contribution in [3.8, 4) is 0 Å². The molecule has 1 saturated carbocycles. The quantitative estimate of drug-likeness (QED) is 0.817. The second-order valence-electron chi connectivity index (χ2n) is 5.34. The Morgan fingerprint density at radius 3 is 2.87 bits per heavy atom. The van der Waals surface area contributed by atoms with Gasteiger partial charge in [-0.15, -0.1) is 11.3 Å². The van der Waals surface area contributed by atoms with Gasteiger partial charge in [0, 0.05) is 17.0 Å². The highest BCUT2D eigenvalue weighted by atomic mass is 32.1. The zero-order valence-corrected chi connectivity index (χ0v) is 10.7. The Morgan fingerprint density at radius 2 is 2.33 bits per heavy atom. The second-order valence-corrected chi connectivity index (χ2v) is 6.32. The average molecular weight is 223 g/mol. The molecule has 2 rings (SSSR count). The van der Waals surface area contributed by atoms with E-state index < -0.39 is 0 Å². The fourth-order valence-electron chi connectivity index (χ4n) is 2.56. The van der Waals surface area contributed by atoms with Crippen LogP contribution in [0, 0.1) is 5.41 Å². The highest BCUT2D eigenvalue weighted by Gasteiger charge is 2.34. The molecule has 0 spiro atoms. The monoisotopic (exact) mass is 223 g/mol. The molecule has 1 N–H and O–H groups in total. The molecule has 2 heteroatoms. The van der Waals surface area contributed by atoms with Crippen molar-refractivity contribution in [1.29, 1.82) is 0 Å². The fourth-order valence-corrected chi connectivity index (χ4v) is 3.30. The number of nitrogens with one attached hydrogen (secondary N) is 1. The van der Waals surface area contributed by atoms with Gasteiger partial charge >= 0.3 is 0 Å². The first-order valence-corrected chi connectivity index (χ1v) is 6.77. The van der Waals surface area contributed by atoms with Gasteiger partial charge in [-0.2, -0.15) is 0 Å². The number of hydrogen-bond donors (Lipinski definition) is 1. The van der Waals surface area contributed by atoms with E-state index in [1.165, 1.54) is 24.1 Å². The van der Waals surface area contributed by atoms with Crippen LogP contribution in [0.2, 0.25) is 0 Å². The minimum atomic E-state index is 0.478. The Hall–Kier alpha value is -0.340. The van der Waals surface area contributed by atoms with Crippen LogP contribution in [0.4, 0.5) is 0 Å². The van der Waals surface area contributed by atoms with Crippen molar-refractivity contribution >= 4 is 11.3 Å². The van der Waals surface area contributed by atoms with E-state index in [9.17, 15) is 0 Å². The van der Waals surface area contributed by atoms with Crippen molar-refractivity contribution < 1.29 is 0 Å². The van der Waals surface area contributed by atoms with Gasteiger partial charge in [0.1, 0.15) is 0 Å². The topological polar surface area (TPSA) is 12.0 Å². The van der Waals surface area contributed by atoms with Crippen molar-refractivity contribution in [2.75, 3.05) is 0 Å². The van der Waals surface area contributed by atoms with Crippen LogP contribution >= 0.6 is 11.3 Å². The highest BCUT2D eigenvalue weighted by Crippen LogP contribution is 2.38. The lowest BCUT2D eigenvalue weighted by molar-refractivity contribution is 0.267. The van der Waals surface area contributed by atoms with Crippen molar-refractivity contribution in [2.24, 2.45) is 5.41 Å². The molecule has 0 aromatic carbocycles. The van der Waals surface area contributed by atoms with E-state index in [1.54, 1.807) is 0 Å². The predicted octanol–water partition coefficient (Wildman–Crippen LogP) is 3.98. The third-order valence-electron chi connectivity index (χ3n) is 3.68. The van der Waals surface area contributed by atoms with Crippen LogP contribution < -0.4 is 5.32 Å². The average Bonchev–Trinajstić information content (AvgIpc) is 2.76. The highest BCUT2D eigenvalue weighted by molar-refractivity contribution is 7.10. The molecule has 1 aliphatic rings. The molecule has 0 aliphatic heterocycles. The molecule has 84 valence electrons. The van der Waals surface area contributed by atoms with E-state index >= 15 is 0 Å². The summed E-state index contributed by atoms with van der Waals surface area (Å²) >= 11 is 1.85.